The van der Waals surface area contributed by atoms with Crippen LogP contribution in [0.4, 0.5) is 13.2 Å². The van der Waals surface area contributed by atoms with Crippen molar-refractivity contribution in [3.63, 3.8) is 0 Å². The predicted octanol–water partition coefficient (Wildman–Crippen LogP) is 5.33. The van der Waals surface area contributed by atoms with Gasteiger partial charge in [0.05, 0.1) is 19.8 Å². The van der Waals surface area contributed by atoms with Gasteiger partial charge >= 0.3 is 5.97 Å². The van der Waals surface area contributed by atoms with Crippen LogP contribution in [0.2, 0.25) is 0 Å². The van der Waals surface area contributed by atoms with Crippen LogP contribution >= 0.6 is 0 Å². The zero-order valence-corrected chi connectivity index (χ0v) is 16.9. The molecule has 1 saturated heterocycles. The fraction of sp³-hybridized carbons (Fsp3) is 0.348. The highest BCUT2D eigenvalue weighted by molar-refractivity contribution is 5.66. The summed E-state index contributed by atoms with van der Waals surface area (Å²) in [5, 5.41) is 8.74. The number of rotatable bonds is 8. The standard InChI is InChI=1S/C23H23F3O5/c1-29-19-9-6-5-8-16(19)22-14(7-3-2-4-10-20(27)28)13-30-23(31-22)15-11-17(24)21(26)18(25)12-15/h2-3,5-6,8-9,11-12,14,22-23H,4,7,10,13H2,1H3,(H,27,28)/b3-2-/t14-,22+,23+/m1/s1. The Morgan fingerprint density at radius 1 is 1.19 bits per heavy atom. The van der Waals surface area contributed by atoms with Crippen molar-refractivity contribution in [3.05, 3.63) is 77.1 Å². The Kier molecular flexibility index (Phi) is 7.70. The monoisotopic (exact) mass is 436 g/mol. The van der Waals surface area contributed by atoms with Gasteiger partial charge in [0.15, 0.2) is 23.7 Å². The number of benzene rings is 2. The van der Waals surface area contributed by atoms with Crippen molar-refractivity contribution in [2.24, 2.45) is 5.92 Å². The summed E-state index contributed by atoms with van der Waals surface area (Å²) in [5.41, 5.74) is 0.775. The van der Waals surface area contributed by atoms with Crippen LogP contribution in [-0.2, 0) is 14.3 Å². The summed E-state index contributed by atoms with van der Waals surface area (Å²) in [6.07, 6.45) is 2.99. The molecular weight excluding hydrogens is 413 g/mol. The Morgan fingerprint density at radius 3 is 2.58 bits per heavy atom. The minimum absolute atomic E-state index is 0.0340. The molecule has 1 heterocycles. The number of para-hydroxylation sites is 1. The van der Waals surface area contributed by atoms with E-state index in [1.807, 2.05) is 24.3 Å². The van der Waals surface area contributed by atoms with Crippen molar-refractivity contribution in [1.82, 2.24) is 0 Å². The first kappa shape index (κ1) is 22.8. The van der Waals surface area contributed by atoms with Gasteiger partial charge in [-0.05, 0) is 31.0 Å². The Hall–Kier alpha value is -2.84. The molecule has 0 radical (unpaired) electrons. The van der Waals surface area contributed by atoms with E-state index >= 15 is 0 Å². The highest BCUT2D eigenvalue weighted by atomic mass is 19.2. The maximum absolute atomic E-state index is 13.7. The third-order valence-corrected chi connectivity index (χ3v) is 5.01. The lowest BCUT2D eigenvalue weighted by atomic mass is 9.91. The molecule has 2 aromatic carbocycles. The summed E-state index contributed by atoms with van der Waals surface area (Å²) in [4.78, 5) is 10.6. The maximum Gasteiger partial charge on any atom is 0.303 e. The fourth-order valence-electron chi connectivity index (χ4n) is 3.48. The molecule has 0 spiro atoms. The molecular formula is C23H23F3O5. The second kappa shape index (κ2) is 10.5. The Bertz CT molecular complexity index is 924. The number of methoxy groups -OCH3 is 1. The summed E-state index contributed by atoms with van der Waals surface area (Å²) in [6.45, 7) is 0.206. The number of hydrogen-bond acceptors (Lipinski definition) is 4. The summed E-state index contributed by atoms with van der Waals surface area (Å²) < 4.78 is 58.0. The van der Waals surface area contributed by atoms with E-state index in [-0.39, 0.29) is 24.5 Å². The fourth-order valence-corrected chi connectivity index (χ4v) is 3.48. The van der Waals surface area contributed by atoms with Crippen molar-refractivity contribution in [2.75, 3.05) is 13.7 Å². The van der Waals surface area contributed by atoms with E-state index in [0.717, 1.165) is 17.7 Å². The third-order valence-electron chi connectivity index (χ3n) is 5.01. The molecule has 1 N–H and O–H groups in total. The second-order valence-electron chi connectivity index (χ2n) is 7.16. The minimum atomic E-state index is -1.55. The van der Waals surface area contributed by atoms with Gasteiger partial charge < -0.3 is 19.3 Å². The topological polar surface area (TPSA) is 65.0 Å². The molecule has 3 atom stereocenters. The van der Waals surface area contributed by atoms with E-state index in [1.165, 1.54) is 7.11 Å². The van der Waals surface area contributed by atoms with E-state index in [1.54, 1.807) is 12.1 Å². The zero-order valence-electron chi connectivity index (χ0n) is 16.9. The van der Waals surface area contributed by atoms with Crippen LogP contribution in [0, 0.1) is 23.4 Å². The highest BCUT2D eigenvalue weighted by Crippen LogP contribution is 2.43. The molecule has 2 aromatic rings. The van der Waals surface area contributed by atoms with Gasteiger partial charge in [-0.1, -0.05) is 30.4 Å². The van der Waals surface area contributed by atoms with Crippen LogP contribution in [-0.4, -0.2) is 24.8 Å². The molecule has 0 amide bonds. The van der Waals surface area contributed by atoms with Gasteiger partial charge in [0.25, 0.3) is 0 Å². The largest absolute Gasteiger partial charge is 0.496 e. The smallest absolute Gasteiger partial charge is 0.303 e. The number of halogens is 3. The van der Waals surface area contributed by atoms with Crippen molar-refractivity contribution in [2.45, 2.75) is 31.7 Å². The number of hydrogen-bond donors (Lipinski definition) is 1. The minimum Gasteiger partial charge on any atom is -0.496 e. The van der Waals surface area contributed by atoms with Crippen LogP contribution < -0.4 is 4.74 Å². The van der Waals surface area contributed by atoms with Gasteiger partial charge in [-0.25, -0.2) is 13.2 Å². The molecule has 0 aromatic heterocycles. The molecule has 166 valence electrons. The van der Waals surface area contributed by atoms with E-state index in [0.29, 0.717) is 18.6 Å². The molecule has 1 aliphatic heterocycles. The molecule has 31 heavy (non-hydrogen) atoms. The number of ether oxygens (including phenoxy) is 3. The Labute approximate surface area is 178 Å². The van der Waals surface area contributed by atoms with Gasteiger partial charge in [0.1, 0.15) is 5.75 Å². The van der Waals surface area contributed by atoms with Gasteiger partial charge in [-0.3, -0.25) is 4.79 Å². The SMILES string of the molecule is COc1ccccc1[C@H]1O[C@@H](c2cc(F)c(F)c(F)c2)OC[C@H]1C/C=C\CCC(=O)O. The number of allylic oxidation sites excluding steroid dienone is 2. The predicted molar refractivity (Wildman–Crippen MR) is 106 cm³/mol. The van der Waals surface area contributed by atoms with Crippen LogP contribution in [0.1, 0.15) is 42.8 Å². The average Bonchev–Trinajstić information content (AvgIpc) is 2.76. The highest BCUT2D eigenvalue weighted by Gasteiger charge is 2.35. The molecule has 0 unspecified atom stereocenters. The number of carboxylic acids is 1. The first-order chi connectivity index (χ1) is 14.9. The van der Waals surface area contributed by atoms with Gasteiger partial charge in [0.2, 0.25) is 0 Å². The first-order valence-corrected chi connectivity index (χ1v) is 9.82. The molecule has 3 rings (SSSR count). The number of carboxylic acid groups (broad SMARTS) is 1. The van der Waals surface area contributed by atoms with Crippen molar-refractivity contribution < 1.29 is 37.3 Å². The Balaban J connectivity index is 1.84. The van der Waals surface area contributed by atoms with Gasteiger partial charge in [-0.2, -0.15) is 0 Å². The van der Waals surface area contributed by atoms with E-state index < -0.39 is 35.8 Å². The van der Waals surface area contributed by atoms with E-state index in [4.69, 9.17) is 19.3 Å². The first-order valence-electron chi connectivity index (χ1n) is 9.82. The number of aliphatic carboxylic acids is 1. The molecule has 5 nitrogen and oxygen atoms in total. The summed E-state index contributed by atoms with van der Waals surface area (Å²) in [5.74, 6) is -4.64. The molecule has 8 heteroatoms. The maximum atomic E-state index is 13.7. The molecule has 0 bridgehead atoms. The zero-order chi connectivity index (χ0) is 22.4. The lowest BCUT2D eigenvalue weighted by Crippen LogP contribution is -2.31. The van der Waals surface area contributed by atoms with Crippen LogP contribution in [0.5, 0.6) is 5.75 Å². The molecule has 1 fully saturated rings. The second-order valence-corrected chi connectivity index (χ2v) is 7.16. The lowest BCUT2D eigenvalue weighted by molar-refractivity contribution is -0.244. The molecule has 1 aliphatic rings. The normalized spacial score (nSPS) is 21.4. The van der Waals surface area contributed by atoms with Crippen LogP contribution in [0.25, 0.3) is 0 Å². The molecule has 0 saturated carbocycles. The number of carbonyl (C=O) groups is 1. The molecule has 0 aliphatic carbocycles. The van der Waals surface area contributed by atoms with Crippen molar-refractivity contribution >= 4 is 5.97 Å². The average molecular weight is 436 g/mol. The van der Waals surface area contributed by atoms with E-state index in [9.17, 15) is 18.0 Å². The lowest BCUT2D eigenvalue weighted by Gasteiger charge is -2.37. The Morgan fingerprint density at radius 2 is 1.90 bits per heavy atom. The van der Waals surface area contributed by atoms with Crippen molar-refractivity contribution in [3.8, 4) is 5.75 Å². The van der Waals surface area contributed by atoms with Crippen LogP contribution in [0.3, 0.4) is 0 Å². The summed E-state index contributed by atoms with van der Waals surface area (Å²) in [6, 6.07) is 8.95. The summed E-state index contributed by atoms with van der Waals surface area (Å²) >= 11 is 0. The van der Waals surface area contributed by atoms with Crippen LogP contribution in [0.15, 0.2) is 48.6 Å². The summed E-state index contributed by atoms with van der Waals surface area (Å²) in [7, 11) is 1.53. The quantitative estimate of drug-likeness (QED) is 0.448. The van der Waals surface area contributed by atoms with Gasteiger partial charge in [-0.15, -0.1) is 0 Å². The van der Waals surface area contributed by atoms with Crippen molar-refractivity contribution in [1.29, 1.82) is 0 Å². The van der Waals surface area contributed by atoms with E-state index in [2.05, 4.69) is 0 Å². The van der Waals surface area contributed by atoms with Gasteiger partial charge in [0, 0.05) is 23.5 Å². The third kappa shape index (κ3) is 5.65.